The minimum atomic E-state index is -6.00. The molecule has 1 spiro atoms. The Labute approximate surface area is 173 Å². The van der Waals surface area contributed by atoms with E-state index in [1.165, 1.54) is 55.3 Å². The predicted molar refractivity (Wildman–Crippen MR) is 115 cm³/mol. The lowest BCUT2D eigenvalue weighted by atomic mass is 9.71. The Kier molecular flexibility index (Phi) is 7.28. The maximum atomic E-state index is 9.75. The fourth-order valence-corrected chi connectivity index (χ4v) is 5.16. The van der Waals surface area contributed by atoms with E-state index in [0.29, 0.717) is 17.3 Å². The minimum Gasteiger partial charge on any atom is -0.418 e. The molecule has 0 radical (unpaired) electrons. The van der Waals surface area contributed by atoms with Gasteiger partial charge in [0, 0.05) is 31.4 Å². The van der Waals surface area contributed by atoms with E-state index in [2.05, 4.69) is 70.5 Å². The van der Waals surface area contributed by atoms with E-state index in [9.17, 15) is 17.3 Å². The van der Waals surface area contributed by atoms with Crippen LogP contribution in [0.4, 0.5) is 23.0 Å². The Hall–Kier alpha value is -1.33. The van der Waals surface area contributed by atoms with Crippen LogP contribution < -0.4 is 0 Å². The maximum Gasteiger partial charge on any atom is 0.673 e. The molecule has 1 fully saturated rings. The molecule has 1 aromatic rings. The molecule has 0 bridgehead atoms. The van der Waals surface area contributed by atoms with Crippen LogP contribution in [0, 0.1) is 5.41 Å². The van der Waals surface area contributed by atoms with Gasteiger partial charge in [0.25, 0.3) is 0 Å². The molecule has 1 nitrogen and oxygen atoms in total. The summed E-state index contributed by atoms with van der Waals surface area (Å²) < 4.78 is 41.7. The van der Waals surface area contributed by atoms with Crippen molar-refractivity contribution in [3.8, 4) is 0 Å². The number of benzene rings is 1. The fraction of sp³-hybridized carbons (Fsp3) is 0.696. The van der Waals surface area contributed by atoms with Gasteiger partial charge < -0.3 is 17.3 Å². The first kappa shape index (κ1) is 23.9. The van der Waals surface area contributed by atoms with Crippen LogP contribution in [0.1, 0.15) is 103 Å². The maximum absolute atomic E-state index is 9.75. The quantitative estimate of drug-likeness (QED) is 0.268. The van der Waals surface area contributed by atoms with Crippen molar-refractivity contribution in [1.29, 1.82) is 0 Å². The van der Waals surface area contributed by atoms with Gasteiger partial charge in [0.05, 0.1) is 5.41 Å². The highest BCUT2D eigenvalue weighted by Crippen LogP contribution is 2.49. The highest BCUT2D eigenvalue weighted by molar-refractivity contribution is 6.50. The molecule has 0 atom stereocenters. The second-order valence-electron chi connectivity index (χ2n) is 10.0. The van der Waals surface area contributed by atoms with Crippen molar-refractivity contribution in [2.75, 3.05) is 0 Å². The van der Waals surface area contributed by atoms with Gasteiger partial charge in [0.1, 0.15) is 0 Å². The van der Waals surface area contributed by atoms with E-state index < -0.39 is 7.25 Å². The molecule has 1 heterocycles. The Balaban J connectivity index is 0.000000537. The lowest BCUT2D eigenvalue weighted by Crippen LogP contribution is -2.31. The van der Waals surface area contributed by atoms with Gasteiger partial charge in [-0.1, -0.05) is 65.2 Å². The van der Waals surface area contributed by atoms with Gasteiger partial charge in [-0.2, -0.15) is 4.58 Å². The first-order valence-corrected chi connectivity index (χ1v) is 10.9. The van der Waals surface area contributed by atoms with E-state index in [-0.39, 0.29) is 5.54 Å². The van der Waals surface area contributed by atoms with Crippen LogP contribution >= 0.6 is 0 Å². The second-order valence-corrected chi connectivity index (χ2v) is 10.0. The molecule has 0 aromatic heterocycles. The number of nitrogens with zero attached hydrogens (tertiary/aromatic N) is 1. The minimum absolute atomic E-state index is 0.214. The van der Waals surface area contributed by atoms with Crippen molar-refractivity contribution < 1.29 is 21.8 Å². The molecule has 0 amide bonds. The lowest BCUT2D eigenvalue weighted by molar-refractivity contribution is -0.513. The zero-order chi connectivity index (χ0) is 22.0. The molecule has 1 aliphatic carbocycles. The van der Waals surface area contributed by atoms with Crippen molar-refractivity contribution in [3.05, 3.63) is 29.3 Å². The van der Waals surface area contributed by atoms with Gasteiger partial charge in [-0.3, -0.25) is 0 Å². The van der Waals surface area contributed by atoms with Gasteiger partial charge in [-0.25, -0.2) is 0 Å². The topological polar surface area (TPSA) is 3.01 Å². The predicted octanol–water partition coefficient (Wildman–Crippen LogP) is 8.08. The zero-order valence-electron chi connectivity index (χ0n) is 18.7. The fourth-order valence-electron chi connectivity index (χ4n) is 5.16. The standard InChI is InChI=1S/C23H36N.BF4/c1-17(2)19-11-10-12-20(18(3)4)21(19)24-16-23(15-22(24,5)6)13-8-7-9-14-23;2-1(3,4)5/h10-12,16-18H,7-9,13-15H2,1-6H3;/q+1;-1. The summed E-state index contributed by atoms with van der Waals surface area (Å²) in [5.41, 5.74) is 5.19. The average Bonchev–Trinajstić information content (AvgIpc) is 2.83. The molecule has 1 aliphatic heterocycles. The summed E-state index contributed by atoms with van der Waals surface area (Å²) in [6.45, 7) is 14.2. The zero-order valence-corrected chi connectivity index (χ0v) is 18.7. The summed E-state index contributed by atoms with van der Waals surface area (Å²) in [6.07, 6.45) is 11.0. The largest absolute Gasteiger partial charge is 0.673 e. The number of hydrogen-bond donors (Lipinski definition) is 0. The van der Waals surface area contributed by atoms with Crippen LogP contribution in [-0.2, 0) is 0 Å². The molecular weight excluding hydrogens is 377 g/mol. The van der Waals surface area contributed by atoms with Gasteiger partial charge in [-0.05, 0) is 24.7 Å². The van der Waals surface area contributed by atoms with Crippen LogP contribution in [0.15, 0.2) is 18.2 Å². The summed E-state index contributed by atoms with van der Waals surface area (Å²) in [7, 11) is -6.00. The van der Waals surface area contributed by atoms with Crippen molar-refractivity contribution in [1.82, 2.24) is 0 Å². The van der Waals surface area contributed by atoms with Crippen LogP contribution in [0.2, 0.25) is 0 Å². The number of para-hydroxylation sites is 1. The number of rotatable bonds is 3. The highest BCUT2D eigenvalue weighted by Gasteiger charge is 2.52. The van der Waals surface area contributed by atoms with Crippen LogP contribution in [0.3, 0.4) is 0 Å². The molecule has 0 unspecified atom stereocenters. The molecule has 1 saturated carbocycles. The van der Waals surface area contributed by atoms with Gasteiger partial charge in [0.15, 0.2) is 11.8 Å². The van der Waals surface area contributed by atoms with Crippen molar-refractivity contribution in [3.63, 3.8) is 0 Å². The van der Waals surface area contributed by atoms with E-state index in [0.717, 1.165) is 0 Å². The Morgan fingerprint density at radius 1 is 0.862 bits per heavy atom. The smallest absolute Gasteiger partial charge is 0.418 e. The number of halogens is 4. The number of hydrogen-bond acceptors (Lipinski definition) is 0. The summed E-state index contributed by atoms with van der Waals surface area (Å²) >= 11 is 0. The molecule has 1 aromatic carbocycles. The molecule has 0 N–H and O–H groups in total. The van der Waals surface area contributed by atoms with Crippen molar-refractivity contribution >= 4 is 19.2 Å². The van der Waals surface area contributed by atoms with E-state index in [1.54, 1.807) is 0 Å². The Morgan fingerprint density at radius 3 is 1.72 bits per heavy atom. The lowest BCUT2D eigenvalue weighted by Gasteiger charge is -2.29. The van der Waals surface area contributed by atoms with Crippen LogP contribution in [0.5, 0.6) is 0 Å². The average molecular weight is 413 g/mol. The third-order valence-corrected chi connectivity index (χ3v) is 6.27. The van der Waals surface area contributed by atoms with Crippen LogP contribution in [-0.4, -0.2) is 23.6 Å². The van der Waals surface area contributed by atoms with E-state index >= 15 is 0 Å². The third-order valence-electron chi connectivity index (χ3n) is 6.27. The van der Waals surface area contributed by atoms with E-state index in [1.807, 2.05) is 0 Å². The first-order valence-electron chi connectivity index (χ1n) is 10.9. The Bertz CT molecular complexity index is 697. The molecule has 2 aliphatic rings. The van der Waals surface area contributed by atoms with Crippen molar-refractivity contribution in [2.24, 2.45) is 5.41 Å². The van der Waals surface area contributed by atoms with Gasteiger partial charge in [0.2, 0.25) is 5.69 Å². The molecule has 3 rings (SSSR count). The molecular formula is C23H36BF4N. The molecule has 6 heteroatoms. The van der Waals surface area contributed by atoms with Crippen molar-refractivity contribution in [2.45, 2.75) is 97.4 Å². The first-order chi connectivity index (χ1) is 13.3. The summed E-state index contributed by atoms with van der Waals surface area (Å²) in [5, 5.41) is 0. The summed E-state index contributed by atoms with van der Waals surface area (Å²) in [5.74, 6) is 1.12. The highest BCUT2D eigenvalue weighted by atomic mass is 19.5. The normalized spacial score (nSPS) is 20.6. The van der Waals surface area contributed by atoms with Crippen LogP contribution in [0.25, 0.3) is 0 Å². The Morgan fingerprint density at radius 2 is 1.31 bits per heavy atom. The molecule has 29 heavy (non-hydrogen) atoms. The van der Waals surface area contributed by atoms with E-state index in [4.69, 9.17) is 0 Å². The molecule has 164 valence electrons. The SMILES string of the molecule is CC(C)c1cccc(C(C)C)c1[N+]1=CC2(CCCCC2)CC1(C)C.F[B-](F)(F)F. The molecule has 0 saturated heterocycles. The van der Waals surface area contributed by atoms with Gasteiger partial charge >= 0.3 is 7.25 Å². The summed E-state index contributed by atoms with van der Waals surface area (Å²) in [4.78, 5) is 0. The third kappa shape index (κ3) is 6.08. The van der Waals surface area contributed by atoms with Gasteiger partial charge in [-0.15, -0.1) is 0 Å². The second kappa shape index (κ2) is 8.81. The summed E-state index contributed by atoms with van der Waals surface area (Å²) in [6, 6.07) is 6.96. The monoisotopic (exact) mass is 413 g/mol.